The first kappa shape index (κ1) is 9.36. The number of nitrogens with zero attached hydrogens (tertiary/aromatic N) is 2. The van der Waals surface area contributed by atoms with Gasteiger partial charge in [0.05, 0.1) is 0 Å². The highest BCUT2D eigenvalue weighted by Crippen LogP contribution is 2.23. The summed E-state index contributed by atoms with van der Waals surface area (Å²) in [6.07, 6.45) is 0. The summed E-state index contributed by atoms with van der Waals surface area (Å²) in [5.74, 6) is 0. The van der Waals surface area contributed by atoms with Crippen LogP contribution in [0.2, 0.25) is 0 Å². The van der Waals surface area contributed by atoms with E-state index < -0.39 is 0 Å². The van der Waals surface area contributed by atoms with Gasteiger partial charge < -0.3 is 0 Å². The van der Waals surface area contributed by atoms with Gasteiger partial charge in [0.15, 0.2) is 0 Å². The number of aromatic nitrogens is 2. The van der Waals surface area contributed by atoms with E-state index in [0.29, 0.717) is 5.59 Å². The molecule has 1 heterocycles. The third kappa shape index (κ3) is 1.40. The fourth-order valence-electron chi connectivity index (χ4n) is 1.70. The Morgan fingerprint density at radius 1 is 1.33 bits per heavy atom. The fraction of sp³-hybridized carbons (Fsp3) is 0.667. The molecule has 2 nitrogen and oxygen atoms in total. The van der Waals surface area contributed by atoms with Crippen LogP contribution < -0.4 is 5.59 Å². The van der Waals surface area contributed by atoms with E-state index in [2.05, 4.69) is 25.9 Å². The minimum absolute atomic E-state index is 0.115. The lowest BCUT2D eigenvalue weighted by Crippen LogP contribution is -2.17. The first-order valence-corrected chi connectivity index (χ1v) is 4.13. The molecule has 0 saturated carbocycles. The summed E-state index contributed by atoms with van der Waals surface area (Å²) < 4.78 is 1.87. The molecule has 12 heavy (non-hydrogen) atoms. The van der Waals surface area contributed by atoms with Gasteiger partial charge in [0.2, 0.25) is 0 Å². The molecular weight excluding hydrogens is 147 g/mol. The van der Waals surface area contributed by atoms with Gasteiger partial charge in [0.1, 0.15) is 7.85 Å². The second-order valence-corrected chi connectivity index (χ2v) is 4.23. The van der Waals surface area contributed by atoms with Gasteiger partial charge in [-0.1, -0.05) is 20.8 Å². The van der Waals surface area contributed by atoms with Crippen molar-refractivity contribution in [3.8, 4) is 0 Å². The third-order valence-electron chi connectivity index (χ3n) is 2.03. The number of hydrogen-bond donors (Lipinski definition) is 0. The molecule has 0 saturated heterocycles. The first-order valence-electron chi connectivity index (χ1n) is 4.13. The summed E-state index contributed by atoms with van der Waals surface area (Å²) in [5, 5.41) is 4.17. The maximum atomic E-state index is 5.71. The highest BCUT2D eigenvalue weighted by molar-refractivity contribution is 6.31. The molecule has 0 fully saturated rings. The van der Waals surface area contributed by atoms with Crippen molar-refractivity contribution in [2.24, 2.45) is 7.05 Å². The second kappa shape index (κ2) is 2.65. The lowest BCUT2D eigenvalue weighted by atomic mass is 9.86. The van der Waals surface area contributed by atoms with Crippen molar-refractivity contribution in [2.45, 2.75) is 33.1 Å². The normalized spacial score (nSPS) is 12.1. The lowest BCUT2D eigenvalue weighted by Gasteiger charge is -2.20. The van der Waals surface area contributed by atoms with E-state index in [1.165, 1.54) is 5.69 Å². The van der Waals surface area contributed by atoms with Crippen LogP contribution in [0.15, 0.2) is 0 Å². The Hall–Kier alpha value is -0.725. The average Bonchev–Trinajstić information content (AvgIpc) is 2.05. The van der Waals surface area contributed by atoms with Crippen molar-refractivity contribution in [3.05, 3.63) is 11.3 Å². The van der Waals surface area contributed by atoms with Crippen LogP contribution in [0.25, 0.3) is 0 Å². The van der Waals surface area contributed by atoms with E-state index in [1.807, 2.05) is 18.7 Å². The van der Waals surface area contributed by atoms with Crippen molar-refractivity contribution in [1.82, 2.24) is 9.78 Å². The Morgan fingerprint density at radius 3 is 2.00 bits per heavy atom. The molecule has 0 aliphatic rings. The van der Waals surface area contributed by atoms with E-state index in [4.69, 9.17) is 7.85 Å². The summed E-state index contributed by atoms with van der Waals surface area (Å²) in [5.41, 5.74) is 3.07. The van der Waals surface area contributed by atoms with Gasteiger partial charge in [-0.25, -0.2) is 0 Å². The standard InChI is InChI=1S/C9H15BN2/c1-6-7(9(2,3)4)12(5)11-8(6)10/h1-5H3. The summed E-state index contributed by atoms with van der Waals surface area (Å²) in [7, 11) is 7.64. The van der Waals surface area contributed by atoms with Gasteiger partial charge in [0, 0.05) is 23.7 Å². The van der Waals surface area contributed by atoms with Crippen LogP contribution in [0.1, 0.15) is 32.0 Å². The van der Waals surface area contributed by atoms with Crippen molar-refractivity contribution in [2.75, 3.05) is 0 Å². The van der Waals surface area contributed by atoms with E-state index in [9.17, 15) is 0 Å². The zero-order valence-corrected chi connectivity index (χ0v) is 8.47. The zero-order valence-electron chi connectivity index (χ0n) is 8.47. The molecule has 1 rings (SSSR count). The van der Waals surface area contributed by atoms with Gasteiger partial charge in [-0.05, 0) is 12.5 Å². The number of hydrogen-bond acceptors (Lipinski definition) is 1. The molecule has 0 spiro atoms. The number of rotatable bonds is 0. The van der Waals surface area contributed by atoms with Crippen molar-refractivity contribution >= 4 is 13.4 Å². The summed E-state index contributed by atoms with van der Waals surface area (Å²) in [4.78, 5) is 0. The molecule has 1 aromatic heterocycles. The van der Waals surface area contributed by atoms with Crippen molar-refractivity contribution in [1.29, 1.82) is 0 Å². The van der Waals surface area contributed by atoms with E-state index in [-0.39, 0.29) is 5.41 Å². The predicted molar refractivity (Wildman–Crippen MR) is 52.0 cm³/mol. The van der Waals surface area contributed by atoms with E-state index >= 15 is 0 Å². The average molecular weight is 162 g/mol. The quantitative estimate of drug-likeness (QED) is 0.516. The minimum Gasteiger partial charge on any atom is -0.272 e. The van der Waals surface area contributed by atoms with Crippen LogP contribution in [-0.2, 0) is 12.5 Å². The number of aryl methyl sites for hydroxylation is 1. The smallest absolute Gasteiger partial charge is 0.144 e. The van der Waals surface area contributed by atoms with E-state index in [0.717, 1.165) is 5.56 Å². The molecule has 64 valence electrons. The monoisotopic (exact) mass is 162 g/mol. The Balaban J connectivity index is 3.32. The first-order chi connectivity index (χ1) is 5.34. The molecule has 2 radical (unpaired) electrons. The molecular formula is C9H15BN2. The van der Waals surface area contributed by atoms with Crippen LogP contribution in [0.5, 0.6) is 0 Å². The molecule has 1 aromatic rings. The van der Waals surface area contributed by atoms with Crippen molar-refractivity contribution < 1.29 is 0 Å². The molecule has 0 N–H and O–H groups in total. The van der Waals surface area contributed by atoms with Crippen LogP contribution >= 0.6 is 0 Å². The summed E-state index contributed by atoms with van der Waals surface area (Å²) in [6, 6.07) is 0. The molecule has 0 aliphatic carbocycles. The second-order valence-electron chi connectivity index (χ2n) is 4.23. The summed E-state index contributed by atoms with van der Waals surface area (Å²) in [6.45, 7) is 8.51. The molecule has 3 heteroatoms. The molecule has 0 bridgehead atoms. The maximum Gasteiger partial charge on any atom is 0.144 e. The molecule has 0 amide bonds. The van der Waals surface area contributed by atoms with E-state index in [1.54, 1.807) is 0 Å². The van der Waals surface area contributed by atoms with Crippen LogP contribution in [-0.4, -0.2) is 17.6 Å². The third-order valence-corrected chi connectivity index (χ3v) is 2.03. The molecule has 0 aliphatic heterocycles. The van der Waals surface area contributed by atoms with Crippen LogP contribution in [0.4, 0.5) is 0 Å². The van der Waals surface area contributed by atoms with Crippen LogP contribution in [0, 0.1) is 6.92 Å². The zero-order chi connectivity index (χ0) is 9.52. The van der Waals surface area contributed by atoms with Gasteiger partial charge >= 0.3 is 0 Å². The lowest BCUT2D eigenvalue weighted by molar-refractivity contribution is 0.520. The van der Waals surface area contributed by atoms with Gasteiger partial charge in [-0.15, -0.1) is 0 Å². The fourth-order valence-corrected chi connectivity index (χ4v) is 1.70. The summed E-state index contributed by atoms with van der Waals surface area (Å²) >= 11 is 0. The van der Waals surface area contributed by atoms with Gasteiger partial charge in [-0.3, -0.25) is 4.68 Å². The maximum absolute atomic E-state index is 5.71. The predicted octanol–water partition coefficient (Wildman–Crippen LogP) is 0.820. The van der Waals surface area contributed by atoms with Crippen molar-refractivity contribution in [3.63, 3.8) is 0 Å². The Kier molecular flexibility index (Phi) is 2.07. The van der Waals surface area contributed by atoms with Gasteiger partial charge in [-0.2, -0.15) is 5.10 Å². The van der Waals surface area contributed by atoms with Crippen LogP contribution in [0.3, 0.4) is 0 Å². The highest BCUT2D eigenvalue weighted by atomic mass is 15.3. The van der Waals surface area contributed by atoms with Gasteiger partial charge in [0.25, 0.3) is 0 Å². The minimum atomic E-state index is 0.115. The largest absolute Gasteiger partial charge is 0.272 e. The molecule has 0 atom stereocenters. The molecule has 0 unspecified atom stereocenters. The Morgan fingerprint density at radius 2 is 1.83 bits per heavy atom. The molecule has 0 aromatic carbocycles. The SMILES string of the molecule is [B]c1nn(C)c(C(C)(C)C)c1C. The highest BCUT2D eigenvalue weighted by Gasteiger charge is 2.21. The Labute approximate surface area is 75.4 Å². The Bertz CT molecular complexity index is 294. The topological polar surface area (TPSA) is 17.8 Å².